The highest BCUT2D eigenvalue weighted by atomic mass is 16.2. The molecule has 1 rings (SSSR count). The van der Waals surface area contributed by atoms with Crippen LogP contribution in [0.25, 0.3) is 0 Å². The lowest BCUT2D eigenvalue weighted by molar-refractivity contribution is -0.120. The summed E-state index contributed by atoms with van der Waals surface area (Å²) in [5.41, 5.74) is 0. The molecule has 0 atom stereocenters. The van der Waals surface area contributed by atoms with E-state index in [0.717, 1.165) is 12.5 Å². The number of nitrogens with zero attached hydrogens (tertiary/aromatic N) is 1. The molecule has 0 bridgehead atoms. The summed E-state index contributed by atoms with van der Waals surface area (Å²) in [6, 6.07) is -0.147. The fourth-order valence-corrected chi connectivity index (χ4v) is 1.30. The molecule has 1 saturated carbocycles. The maximum atomic E-state index is 11.3. The summed E-state index contributed by atoms with van der Waals surface area (Å²) >= 11 is 0. The zero-order chi connectivity index (χ0) is 12.7. The third-order valence-electron chi connectivity index (χ3n) is 2.55. The Morgan fingerprint density at radius 2 is 1.82 bits per heavy atom. The Hall–Kier alpha value is -1.30. The van der Waals surface area contributed by atoms with E-state index in [9.17, 15) is 9.59 Å². The van der Waals surface area contributed by atoms with Crippen molar-refractivity contribution in [2.45, 2.75) is 12.8 Å². The monoisotopic (exact) mass is 242 g/mol. The van der Waals surface area contributed by atoms with Gasteiger partial charge in [-0.3, -0.25) is 4.79 Å². The molecule has 3 N–H and O–H groups in total. The molecule has 0 aromatic rings. The van der Waals surface area contributed by atoms with Gasteiger partial charge >= 0.3 is 6.03 Å². The Balaban J connectivity index is 1.90. The molecule has 1 aliphatic rings. The molecule has 0 heterocycles. The molecule has 6 nitrogen and oxygen atoms in total. The van der Waals surface area contributed by atoms with Crippen molar-refractivity contribution in [3.05, 3.63) is 0 Å². The van der Waals surface area contributed by atoms with Crippen LogP contribution < -0.4 is 16.0 Å². The number of carbonyl (C=O) groups is 2. The van der Waals surface area contributed by atoms with Gasteiger partial charge in [0.05, 0.1) is 6.54 Å². The van der Waals surface area contributed by atoms with E-state index in [1.54, 1.807) is 14.1 Å². The van der Waals surface area contributed by atoms with Gasteiger partial charge < -0.3 is 20.9 Å². The second kappa shape index (κ2) is 7.11. The summed E-state index contributed by atoms with van der Waals surface area (Å²) < 4.78 is 0. The van der Waals surface area contributed by atoms with E-state index >= 15 is 0 Å². The predicted molar refractivity (Wildman–Crippen MR) is 65.7 cm³/mol. The van der Waals surface area contributed by atoms with Crippen molar-refractivity contribution in [1.82, 2.24) is 20.9 Å². The number of amides is 3. The lowest BCUT2D eigenvalue weighted by Gasteiger charge is -2.12. The quantitative estimate of drug-likeness (QED) is 0.521. The lowest BCUT2D eigenvalue weighted by Crippen LogP contribution is -2.41. The van der Waals surface area contributed by atoms with Crippen LogP contribution >= 0.6 is 0 Å². The summed E-state index contributed by atoms with van der Waals surface area (Å²) in [4.78, 5) is 23.9. The molecular weight excluding hydrogens is 220 g/mol. The van der Waals surface area contributed by atoms with Gasteiger partial charge in [-0.2, -0.15) is 0 Å². The highest BCUT2D eigenvalue weighted by molar-refractivity contribution is 5.78. The van der Waals surface area contributed by atoms with Gasteiger partial charge in [-0.1, -0.05) is 0 Å². The molecule has 0 saturated heterocycles. The fourth-order valence-electron chi connectivity index (χ4n) is 1.30. The summed E-state index contributed by atoms with van der Waals surface area (Å²) in [6.45, 7) is 2.21. The van der Waals surface area contributed by atoms with Gasteiger partial charge in [0.25, 0.3) is 0 Å². The van der Waals surface area contributed by atoms with Crippen LogP contribution in [0.3, 0.4) is 0 Å². The maximum Gasteiger partial charge on any atom is 0.316 e. The van der Waals surface area contributed by atoms with Crippen LogP contribution in [0.15, 0.2) is 0 Å². The van der Waals surface area contributed by atoms with Crippen molar-refractivity contribution >= 4 is 11.9 Å². The highest BCUT2D eigenvalue weighted by Gasteiger charge is 2.20. The van der Waals surface area contributed by atoms with E-state index in [-0.39, 0.29) is 11.9 Å². The first-order chi connectivity index (χ1) is 8.09. The molecule has 3 amide bonds. The lowest BCUT2D eigenvalue weighted by atomic mass is 10.4. The average molecular weight is 242 g/mol. The van der Waals surface area contributed by atoms with Gasteiger partial charge in [-0.15, -0.1) is 0 Å². The van der Waals surface area contributed by atoms with Crippen LogP contribution in [0.1, 0.15) is 12.8 Å². The smallest absolute Gasteiger partial charge is 0.316 e. The first-order valence-corrected chi connectivity index (χ1v) is 6.02. The normalized spacial score (nSPS) is 14.2. The Kier molecular flexibility index (Phi) is 5.76. The van der Waals surface area contributed by atoms with E-state index in [1.165, 1.54) is 17.7 Å². The molecule has 0 radical (unpaired) electrons. The Morgan fingerprint density at radius 1 is 1.18 bits per heavy atom. The fraction of sp³-hybridized carbons (Fsp3) is 0.818. The third-order valence-corrected chi connectivity index (χ3v) is 2.55. The highest BCUT2D eigenvalue weighted by Crippen LogP contribution is 2.27. The summed E-state index contributed by atoms with van der Waals surface area (Å²) in [6.07, 6.45) is 2.57. The van der Waals surface area contributed by atoms with Crippen LogP contribution in [0.4, 0.5) is 4.79 Å². The van der Waals surface area contributed by atoms with Crippen LogP contribution in [-0.4, -0.2) is 57.1 Å². The van der Waals surface area contributed by atoms with Gasteiger partial charge in [0.15, 0.2) is 0 Å². The minimum atomic E-state index is -0.147. The molecule has 0 spiro atoms. The standard InChI is InChI=1S/C11H22N4O2/c1-15(2)11(17)14-6-5-13-10(16)8-12-7-9-3-4-9/h9,12H,3-8H2,1-2H3,(H,13,16)(H,14,17). The molecule has 1 aliphatic carbocycles. The van der Waals surface area contributed by atoms with Gasteiger partial charge in [0, 0.05) is 27.2 Å². The number of urea groups is 1. The average Bonchev–Trinajstić information content (AvgIpc) is 3.08. The summed E-state index contributed by atoms with van der Waals surface area (Å²) in [5, 5.41) is 8.52. The molecule has 0 unspecified atom stereocenters. The number of rotatable bonds is 7. The van der Waals surface area contributed by atoms with Crippen LogP contribution in [0, 0.1) is 5.92 Å². The Bertz CT molecular complexity index is 264. The number of carbonyl (C=O) groups excluding carboxylic acids is 2. The van der Waals surface area contributed by atoms with Crippen molar-refractivity contribution in [1.29, 1.82) is 0 Å². The van der Waals surface area contributed by atoms with E-state index < -0.39 is 0 Å². The van der Waals surface area contributed by atoms with Crippen molar-refractivity contribution in [3.63, 3.8) is 0 Å². The van der Waals surface area contributed by atoms with Gasteiger partial charge in [-0.05, 0) is 25.3 Å². The first-order valence-electron chi connectivity index (χ1n) is 6.02. The van der Waals surface area contributed by atoms with Gasteiger partial charge in [0.1, 0.15) is 0 Å². The molecule has 17 heavy (non-hydrogen) atoms. The second-order valence-corrected chi connectivity index (χ2v) is 4.55. The van der Waals surface area contributed by atoms with E-state index in [2.05, 4.69) is 16.0 Å². The van der Waals surface area contributed by atoms with Crippen molar-refractivity contribution in [2.24, 2.45) is 5.92 Å². The second-order valence-electron chi connectivity index (χ2n) is 4.55. The zero-order valence-corrected chi connectivity index (χ0v) is 10.6. The largest absolute Gasteiger partial charge is 0.353 e. The van der Waals surface area contributed by atoms with Gasteiger partial charge in [-0.25, -0.2) is 4.79 Å². The van der Waals surface area contributed by atoms with Gasteiger partial charge in [0.2, 0.25) is 5.91 Å². The molecule has 6 heteroatoms. The van der Waals surface area contributed by atoms with Crippen molar-refractivity contribution in [2.75, 3.05) is 40.3 Å². The van der Waals surface area contributed by atoms with E-state index in [0.29, 0.717) is 19.6 Å². The zero-order valence-electron chi connectivity index (χ0n) is 10.6. The topological polar surface area (TPSA) is 73.5 Å². The molecule has 0 aromatic carbocycles. The van der Waals surface area contributed by atoms with Crippen molar-refractivity contribution in [3.8, 4) is 0 Å². The predicted octanol–water partition coefficient (Wildman–Crippen LogP) is -0.627. The van der Waals surface area contributed by atoms with Crippen LogP contribution in [-0.2, 0) is 4.79 Å². The molecule has 1 fully saturated rings. The minimum absolute atomic E-state index is 0.0234. The molecule has 98 valence electrons. The molecule has 0 aromatic heterocycles. The maximum absolute atomic E-state index is 11.3. The Morgan fingerprint density at radius 3 is 2.41 bits per heavy atom. The van der Waals surface area contributed by atoms with E-state index in [1.807, 2.05) is 0 Å². The third kappa shape index (κ3) is 6.78. The van der Waals surface area contributed by atoms with Crippen molar-refractivity contribution < 1.29 is 9.59 Å². The SMILES string of the molecule is CN(C)C(=O)NCCNC(=O)CNCC1CC1. The number of nitrogens with one attached hydrogen (secondary N) is 3. The van der Waals surface area contributed by atoms with Crippen LogP contribution in [0.5, 0.6) is 0 Å². The molecular formula is C11H22N4O2. The summed E-state index contributed by atoms with van der Waals surface area (Å²) in [7, 11) is 3.35. The van der Waals surface area contributed by atoms with Crippen LogP contribution in [0.2, 0.25) is 0 Å². The Labute approximate surface area is 102 Å². The summed E-state index contributed by atoms with van der Waals surface area (Å²) in [5.74, 6) is 0.756. The number of hydrogen-bond donors (Lipinski definition) is 3. The van der Waals surface area contributed by atoms with E-state index in [4.69, 9.17) is 0 Å². The number of hydrogen-bond acceptors (Lipinski definition) is 3. The minimum Gasteiger partial charge on any atom is -0.353 e. The molecule has 0 aliphatic heterocycles. The first kappa shape index (κ1) is 13.8.